The highest BCUT2D eigenvalue weighted by Crippen LogP contribution is 2.28. The second kappa shape index (κ2) is 8.50. The Balaban J connectivity index is 1.67. The maximum absolute atomic E-state index is 12.2. The van der Waals surface area contributed by atoms with E-state index in [0.29, 0.717) is 23.6 Å². The van der Waals surface area contributed by atoms with Crippen LogP contribution in [0, 0.1) is 0 Å². The average Bonchev–Trinajstić information content (AvgIpc) is 3.15. The summed E-state index contributed by atoms with van der Waals surface area (Å²) in [5.41, 5.74) is 4.64. The third-order valence-electron chi connectivity index (χ3n) is 3.66. The van der Waals surface area contributed by atoms with Gasteiger partial charge in [-0.2, -0.15) is 10.2 Å². The number of hydrogen-bond donors (Lipinski definition) is 3. The number of hydrogen-bond acceptors (Lipinski definition) is 5. The van der Waals surface area contributed by atoms with Gasteiger partial charge in [-0.3, -0.25) is 9.89 Å². The first-order chi connectivity index (χ1) is 13.1. The Bertz CT molecular complexity index is 967. The normalized spacial score (nSPS) is 10.9. The van der Waals surface area contributed by atoms with E-state index < -0.39 is 5.91 Å². The lowest BCUT2D eigenvalue weighted by Gasteiger charge is -2.07. The monoisotopic (exact) mass is 428 g/mol. The van der Waals surface area contributed by atoms with Crippen LogP contribution in [0.15, 0.2) is 58.1 Å². The number of amides is 1. The fraction of sp³-hybridized carbons (Fsp3) is 0.105. The number of aromatic hydroxyl groups is 1. The topological polar surface area (TPSA) is 99.6 Å². The number of carbonyl (C=O) groups is 1. The minimum absolute atomic E-state index is 0.0311. The van der Waals surface area contributed by atoms with Crippen LogP contribution in [0.5, 0.6) is 11.5 Å². The van der Waals surface area contributed by atoms with Gasteiger partial charge < -0.3 is 9.84 Å². The van der Waals surface area contributed by atoms with Gasteiger partial charge in [0.05, 0.1) is 18.5 Å². The molecule has 0 aliphatic rings. The van der Waals surface area contributed by atoms with Crippen molar-refractivity contribution in [3.05, 3.63) is 64.3 Å². The molecule has 3 aromatic rings. The molecule has 3 N–H and O–H groups in total. The fourth-order valence-electron chi connectivity index (χ4n) is 2.34. The van der Waals surface area contributed by atoms with E-state index in [1.165, 1.54) is 6.21 Å². The lowest BCUT2D eigenvalue weighted by atomic mass is 10.1. The number of para-hydroxylation sites is 1. The maximum Gasteiger partial charge on any atom is 0.289 e. The third kappa shape index (κ3) is 4.53. The minimum Gasteiger partial charge on any atom is -0.504 e. The quantitative estimate of drug-likeness (QED) is 0.411. The summed E-state index contributed by atoms with van der Waals surface area (Å²) in [4.78, 5) is 12.2. The zero-order valence-electron chi connectivity index (χ0n) is 14.4. The van der Waals surface area contributed by atoms with Crippen molar-refractivity contribution in [2.24, 2.45) is 5.10 Å². The van der Waals surface area contributed by atoms with Gasteiger partial charge in [-0.1, -0.05) is 34.1 Å². The molecule has 0 saturated carbocycles. The van der Waals surface area contributed by atoms with E-state index in [1.54, 1.807) is 24.3 Å². The van der Waals surface area contributed by atoms with Gasteiger partial charge in [0, 0.05) is 15.6 Å². The highest BCUT2D eigenvalue weighted by Gasteiger charge is 2.11. The summed E-state index contributed by atoms with van der Waals surface area (Å²) in [6.45, 7) is 2.26. The number of aromatic amines is 1. The van der Waals surface area contributed by atoms with E-state index in [-0.39, 0.29) is 11.4 Å². The van der Waals surface area contributed by atoms with Gasteiger partial charge in [0.15, 0.2) is 11.5 Å². The Hall–Kier alpha value is -3.13. The molecule has 0 radical (unpaired) electrons. The van der Waals surface area contributed by atoms with Crippen molar-refractivity contribution in [3.8, 4) is 22.8 Å². The van der Waals surface area contributed by atoms with Crippen LogP contribution < -0.4 is 10.2 Å². The lowest BCUT2D eigenvalue weighted by molar-refractivity contribution is 0.0950. The van der Waals surface area contributed by atoms with Crippen molar-refractivity contribution in [3.63, 3.8) is 0 Å². The maximum atomic E-state index is 12.2. The first kappa shape index (κ1) is 18.7. The molecule has 0 saturated heterocycles. The smallest absolute Gasteiger partial charge is 0.289 e. The number of rotatable bonds is 6. The molecule has 1 amide bonds. The molecule has 0 aliphatic carbocycles. The number of benzene rings is 2. The van der Waals surface area contributed by atoms with Crippen molar-refractivity contribution in [2.45, 2.75) is 6.92 Å². The van der Waals surface area contributed by atoms with Crippen LogP contribution in [-0.4, -0.2) is 34.0 Å². The predicted octanol–water partition coefficient (Wildman–Crippen LogP) is 3.71. The zero-order chi connectivity index (χ0) is 19.2. The Morgan fingerprint density at radius 1 is 1.33 bits per heavy atom. The van der Waals surface area contributed by atoms with Crippen LogP contribution in [-0.2, 0) is 0 Å². The zero-order valence-corrected chi connectivity index (χ0v) is 16.0. The summed E-state index contributed by atoms with van der Waals surface area (Å²) in [6.07, 6.45) is 1.35. The van der Waals surface area contributed by atoms with Gasteiger partial charge >= 0.3 is 0 Å². The first-order valence-corrected chi connectivity index (χ1v) is 8.97. The predicted molar refractivity (Wildman–Crippen MR) is 106 cm³/mol. The molecular weight excluding hydrogens is 412 g/mol. The van der Waals surface area contributed by atoms with Crippen LogP contribution >= 0.6 is 15.9 Å². The average molecular weight is 429 g/mol. The molecule has 0 unspecified atom stereocenters. The largest absolute Gasteiger partial charge is 0.504 e. The van der Waals surface area contributed by atoms with Crippen LogP contribution in [0.1, 0.15) is 23.0 Å². The number of aromatic nitrogens is 2. The van der Waals surface area contributed by atoms with Gasteiger partial charge in [0.2, 0.25) is 0 Å². The SMILES string of the molecule is CCOc1cccc(/C=N/NC(=O)c2cc(-c3ccc(Br)cc3)n[nH]2)c1O. The summed E-state index contributed by atoms with van der Waals surface area (Å²) in [6, 6.07) is 14.3. The molecule has 1 heterocycles. The number of nitrogens with one attached hydrogen (secondary N) is 2. The van der Waals surface area contributed by atoms with Gasteiger partial charge in [0.1, 0.15) is 5.69 Å². The highest BCUT2D eigenvalue weighted by molar-refractivity contribution is 9.10. The van der Waals surface area contributed by atoms with Crippen molar-refractivity contribution in [1.82, 2.24) is 15.6 Å². The molecule has 0 bridgehead atoms. The second-order valence-electron chi connectivity index (χ2n) is 5.50. The van der Waals surface area contributed by atoms with E-state index >= 15 is 0 Å². The van der Waals surface area contributed by atoms with Crippen molar-refractivity contribution >= 4 is 28.1 Å². The van der Waals surface area contributed by atoms with Crippen LogP contribution in [0.4, 0.5) is 0 Å². The van der Waals surface area contributed by atoms with Gasteiger partial charge in [-0.15, -0.1) is 0 Å². The molecular formula is C19H17BrN4O3. The second-order valence-corrected chi connectivity index (χ2v) is 6.42. The number of phenols is 1. The standard InChI is InChI=1S/C19H17BrN4O3/c1-2-27-17-5-3-4-13(18(17)25)11-21-24-19(26)16-10-15(22-23-16)12-6-8-14(20)9-7-12/h3-11,25H,2H2,1H3,(H,22,23)(H,24,26)/b21-11+. The van der Waals surface area contributed by atoms with Crippen LogP contribution in [0.25, 0.3) is 11.3 Å². The summed E-state index contributed by atoms with van der Waals surface area (Å²) < 4.78 is 6.27. The number of ether oxygens (including phenoxy) is 1. The fourth-order valence-corrected chi connectivity index (χ4v) is 2.61. The minimum atomic E-state index is -0.442. The molecule has 8 heteroatoms. The Morgan fingerprint density at radius 3 is 2.85 bits per heavy atom. The molecule has 0 fully saturated rings. The highest BCUT2D eigenvalue weighted by atomic mass is 79.9. The number of phenolic OH excluding ortho intramolecular Hbond substituents is 1. The van der Waals surface area contributed by atoms with Crippen LogP contribution in [0.2, 0.25) is 0 Å². The molecule has 2 aromatic carbocycles. The Morgan fingerprint density at radius 2 is 2.11 bits per heavy atom. The van der Waals surface area contributed by atoms with Crippen molar-refractivity contribution in [2.75, 3.05) is 6.61 Å². The Labute approximate surface area is 164 Å². The molecule has 138 valence electrons. The number of nitrogens with zero attached hydrogens (tertiary/aromatic N) is 2. The van der Waals surface area contributed by atoms with Gasteiger partial charge in [-0.05, 0) is 37.3 Å². The van der Waals surface area contributed by atoms with E-state index in [9.17, 15) is 9.90 Å². The number of halogens is 1. The van der Waals surface area contributed by atoms with E-state index in [2.05, 4.69) is 36.7 Å². The number of H-pyrrole nitrogens is 1. The molecule has 0 atom stereocenters. The molecule has 7 nitrogen and oxygen atoms in total. The van der Waals surface area contributed by atoms with E-state index in [0.717, 1.165) is 10.0 Å². The van der Waals surface area contributed by atoms with E-state index in [1.807, 2.05) is 31.2 Å². The first-order valence-electron chi connectivity index (χ1n) is 8.18. The molecule has 27 heavy (non-hydrogen) atoms. The Kier molecular flexibility index (Phi) is 5.87. The van der Waals surface area contributed by atoms with E-state index in [4.69, 9.17) is 4.74 Å². The summed E-state index contributed by atoms with van der Waals surface area (Å²) in [5.74, 6) is -0.112. The lowest BCUT2D eigenvalue weighted by Crippen LogP contribution is -2.18. The molecule has 1 aromatic heterocycles. The summed E-state index contributed by atoms with van der Waals surface area (Å²) in [5, 5.41) is 20.8. The third-order valence-corrected chi connectivity index (χ3v) is 4.19. The van der Waals surface area contributed by atoms with Gasteiger partial charge in [-0.25, -0.2) is 5.43 Å². The summed E-state index contributed by atoms with van der Waals surface area (Å²) >= 11 is 3.38. The van der Waals surface area contributed by atoms with Crippen molar-refractivity contribution < 1.29 is 14.6 Å². The summed E-state index contributed by atoms with van der Waals surface area (Å²) in [7, 11) is 0. The van der Waals surface area contributed by atoms with Crippen molar-refractivity contribution in [1.29, 1.82) is 0 Å². The van der Waals surface area contributed by atoms with Gasteiger partial charge in [0.25, 0.3) is 5.91 Å². The number of hydrazone groups is 1. The van der Waals surface area contributed by atoms with Crippen LogP contribution in [0.3, 0.4) is 0 Å². The molecule has 3 rings (SSSR count). The number of carbonyl (C=O) groups excluding carboxylic acids is 1. The molecule has 0 spiro atoms. The molecule has 0 aliphatic heterocycles.